The zero-order chi connectivity index (χ0) is 20.2. The molecule has 0 aliphatic carbocycles. The van der Waals surface area contributed by atoms with Crippen LogP contribution < -0.4 is 0 Å². The van der Waals surface area contributed by atoms with E-state index >= 15 is 0 Å². The molecule has 1 aliphatic heterocycles. The van der Waals surface area contributed by atoms with Gasteiger partial charge in [-0.3, -0.25) is 9.88 Å². The van der Waals surface area contributed by atoms with E-state index < -0.39 is 5.97 Å². The van der Waals surface area contributed by atoms with E-state index in [4.69, 9.17) is 4.98 Å². The number of aromatic carboxylic acids is 1. The maximum atomic E-state index is 11.2. The van der Waals surface area contributed by atoms with Gasteiger partial charge < -0.3 is 15.2 Å². The molecule has 1 fully saturated rings. The van der Waals surface area contributed by atoms with E-state index in [9.17, 15) is 15.0 Å². The number of hydrogen-bond acceptors (Lipinski definition) is 6. The fourth-order valence-electron chi connectivity index (χ4n) is 3.89. The summed E-state index contributed by atoms with van der Waals surface area (Å²) in [6.45, 7) is 2.54. The summed E-state index contributed by atoms with van der Waals surface area (Å²) in [6, 6.07) is 4.79. The Morgan fingerprint density at radius 3 is 3.00 bits per heavy atom. The van der Waals surface area contributed by atoms with E-state index in [2.05, 4.69) is 19.9 Å². The van der Waals surface area contributed by atoms with Crippen LogP contribution in [0.5, 0.6) is 5.75 Å². The second-order valence-corrected chi connectivity index (χ2v) is 7.44. The van der Waals surface area contributed by atoms with Gasteiger partial charge in [0.05, 0.1) is 11.9 Å². The summed E-state index contributed by atoms with van der Waals surface area (Å²) in [7, 11) is 0. The van der Waals surface area contributed by atoms with Crippen molar-refractivity contribution in [1.29, 1.82) is 0 Å². The second kappa shape index (κ2) is 8.40. The third-order valence-electron chi connectivity index (χ3n) is 5.22. The third-order valence-corrected chi connectivity index (χ3v) is 5.22. The number of carboxylic acids is 1. The van der Waals surface area contributed by atoms with Crippen molar-refractivity contribution in [2.75, 3.05) is 13.1 Å². The van der Waals surface area contributed by atoms with Gasteiger partial charge in [0.1, 0.15) is 17.0 Å². The number of hydrogen-bond donors (Lipinski definition) is 3. The molecule has 0 saturated carbocycles. The van der Waals surface area contributed by atoms with Gasteiger partial charge in [-0.1, -0.05) is 6.07 Å². The number of H-pyrrole nitrogens is 1. The maximum Gasteiger partial charge on any atom is 0.339 e. The molecule has 0 radical (unpaired) electrons. The van der Waals surface area contributed by atoms with Crippen molar-refractivity contribution in [1.82, 2.24) is 24.8 Å². The number of aromatic amines is 1. The lowest BCUT2D eigenvalue weighted by Gasteiger charge is -2.32. The van der Waals surface area contributed by atoms with E-state index in [1.807, 2.05) is 6.20 Å². The first-order chi connectivity index (χ1) is 14.1. The molecule has 3 heterocycles. The number of benzene rings is 1. The summed E-state index contributed by atoms with van der Waals surface area (Å²) in [5.41, 5.74) is 2.52. The van der Waals surface area contributed by atoms with Crippen molar-refractivity contribution in [2.24, 2.45) is 5.92 Å². The Morgan fingerprint density at radius 1 is 1.31 bits per heavy atom. The summed E-state index contributed by atoms with van der Waals surface area (Å²) in [6.07, 6.45) is 10.0. The highest BCUT2D eigenvalue weighted by atomic mass is 16.4. The quantitative estimate of drug-likeness (QED) is 0.590. The molecule has 8 heteroatoms. The molecule has 3 N–H and O–H groups in total. The fourth-order valence-corrected chi connectivity index (χ4v) is 3.89. The van der Waals surface area contributed by atoms with Gasteiger partial charge in [0, 0.05) is 31.7 Å². The highest BCUT2D eigenvalue weighted by molar-refractivity contribution is 5.90. The zero-order valence-corrected chi connectivity index (χ0v) is 16.0. The van der Waals surface area contributed by atoms with Crippen LogP contribution in [0.2, 0.25) is 0 Å². The van der Waals surface area contributed by atoms with Crippen LogP contribution in [0.15, 0.2) is 43.0 Å². The second-order valence-electron chi connectivity index (χ2n) is 7.44. The number of carbonyl (C=O) groups is 1. The lowest BCUT2D eigenvalue weighted by Crippen LogP contribution is -2.35. The number of likely N-dealkylation sites (tertiary alicyclic amines) is 1. The number of aromatic nitrogens is 4. The molecule has 1 saturated heterocycles. The Hall–Kier alpha value is -3.26. The van der Waals surface area contributed by atoms with Crippen LogP contribution in [0.3, 0.4) is 0 Å². The Kier molecular flexibility index (Phi) is 5.53. The number of phenols is 1. The molecule has 2 aromatic heterocycles. The summed E-state index contributed by atoms with van der Waals surface area (Å²) >= 11 is 0. The minimum Gasteiger partial charge on any atom is -0.507 e. The van der Waals surface area contributed by atoms with Crippen LogP contribution >= 0.6 is 0 Å². The van der Waals surface area contributed by atoms with Crippen molar-refractivity contribution in [2.45, 2.75) is 25.8 Å². The Labute approximate surface area is 168 Å². The van der Waals surface area contributed by atoms with Crippen LogP contribution in [-0.4, -0.2) is 54.1 Å². The number of imidazole rings is 1. The number of carboxylic acid groups (broad SMARTS) is 1. The first kappa shape index (κ1) is 19.1. The zero-order valence-electron chi connectivity index (χ0n) is 16.0. The van der Waals surface area contributed by atoms with Gasteiger partial charge in [-0.05, 0) is 49.4 Å². The highest BCUT2D eigenvalue weighted by Gasteiger charge is 2.22. The maximum absolute atomic E-state index is 11.2. The first-order valence-corrected chi connectivity index (χ1v) is 9.66. The van der Waals surface area contributed by atoms with Crippen molar-refractivity contribution >= 4 is 5.97 Å². The number of rotatable bonds is 6. The summed E-state index contributed by atoms with van der Waals surface area (Å²) < 4.78 is 0. The van der Waals surface area contributed by atoms with E-state index in [0.717, 1.165) is 49.3 Å². The van der Waals surface area contributed by atoms with Crippen LogP contribution in [0.1, 0.15) is 34.5 Å². The summed E-state index contributed by atoms with van der Waals surface area (Å²) in [4.78, 5) is 29.9. The van der Waals surface area contributed by atoms with Gasteiger partial charge in [-0.15, -0.1) is 0 Å². The molecule has 0 bridgehead atoms. The monoisotopic (exact) mass is 393 g/mol. The van der Waals surface area contributed by atoms with Gasteiger partial charge >= 0.3 is 5.97 Å². The van der Waals surface area contributed by atoms with Gasteiger partial charge in [0.2, 0.25) is 0 Å². The van der Waals surface area contributed by atoms with Gasteiger partial charge in [0.25, 0.3) is 0 Å². The molecule has 0 unspecified atom stereocenters. The van der Waals surface area contributed by atoms with Crippen molar-refractivity contribution in [3.05, 3.63) is 59.8 Å². The predicted molar refractivity (Wildman–Crippen MR) is 106 cm³/mol. The molecule has 4 rings (SSSR count). The number of aromatic hydroxyl groups is 1. The van der Waals surface area contributed by atoms with Crippen molar-refractivity contribution < 1.29 is 15.0 Å². The molecule has 150 valence electrons. The molecule has 3 aromatic rings. The van der Waals surface area contributed by atoms with Gasteiger partial charge in [-0.2, -0.15) is 0 Å². The third kappa shape index (κ3) is 4.60. The smallest absolute Gasteiger partial charge is 0.339 e. The fraction of sp³-hybridized carbons (Fsp3) is 0.333. The van der Waals surface area contributed by atoms with Gasteiger partial charge in [0.15, 0.2) is 5.82 Å². The lowest BCUT2D eigenvalue weighted by atomic mass is 9.93. The topological polar surface area (TPSA) is 115 Å². The molecular formula is C21H23N5O3. The minimum absolute atomic E-state index is 0.0546. The molecule has 1 aromatic carbocycles. The van der Waals surface area contributed by atoms with Crippen LogP contribution in [0.25, 0.3) is 11.5 Å². The first-order valence-electron chi connectivity index (χ1n) is 9.66. The van der Waals surface area contributed by atoms with E-state index in [1.165, 1.54) is 6.07 Å². The standard InChI is InChI=1S/C21H23N5O3/c27-19-4-3-15(9-17(19)21(28)29)13-26-7-1-2-14(12-26)8-16-10-22-11-18(25-16)20-23-5-6-24-20/h3-6,9-11,14,27H,1-2,7-8,12-13H2,(H,23,24)(H,28,29)/t14-/m0/s1. The molecule has 8 nitrogen and oxygen atoms in total. The largest absolute Gasteiger partial charge is 0.507 e. The van der Waals surface area contributed by atoms with E-state index in [1.54, 1.807) is 30.7 Å². The normalized spacial score (nSPS) is 17.3. The molecular weight excluding hydrogens is 370 g/mol. The van der Waals surface area contributed by atoms with E-state index in [-0.39, 0.29) is 11.3 Å². The van der Waals surface area contributed by atoms with Crippen molar-refractivity contribution in [3.8, 4) is 17.3 Å². The Morgan fingerprint density at radius 2 is 2.21 bits per heavy atom. The van der Waals surface area contributed by atoms with E-state index in [0.29, 0.717) is 18.3 Å². The lowest BCUT2D eigenvalue weighted by molar-refractivity contribution is 0.0693. The number of nitrogens with zero attached hydrogens (tertiary/aromatic N) is 4. The summed E-state index contributed by atoms with van der Waals surface area (Å²) in [5, 5.41) is 18.9. The highest BCUT2D eigenvalue weighted by Crippen LogP contribution is 2.24. The number of nitrogens with one attached hydrogen (secondary N) is 1. The molecule has 1 atom stereocenters. The summed E-state index contributed by atoms with van der Waals surface area (Å²) in [5.74, 6) is -0.143. The van der Waals surface area contributed by atoms with Gasteiger partial charge in [-0.25, -0.2) is 14.8 Å². The van der Waals surface area contributed by atoms with Crippen LogP contribution in [0, 0.1) is 5.92 Å². The van der Waals surface area contributed by atoms with Crippen LogP contribution in [0.4, 0.5) is 0 Å². The van der Waals surface area contributed by atoms with Crippen LogP contribution in [-0.2, 0) is 13.0 Å². The molecule has 29 heavy (non-hydrogen) atoms. The molecule has 0 spiro atoms. The Bertz CT molecular complexity index is 990. The van der Waals surface area contributed by atoms with Crippen molar-refractivity contribution in [3.63, 3.8) is 0 Å². The average molecular weight is 393 g/mol. The average Bonchev–Trinajstić information content (AvgIpc) is 3.25. The number of piperidine rings is 1. The minimum atomic E-state index is -1.11. The molecule has 1 aliphatic rings. The molecule has 0 amide bonds. The Balaban J connectivity index is 1.41. The SMILES string of the molecule is O=C(O)c1cc(CN2CCC[C@@H](Cc3cncc(-c4ncc[nH]4)n3)C2)ccc1O. The predicted octanol–water partition coefficient (Wildman–Crippen LogP) is 2.73.